The molecule has 4 atom stereocenters. The molecule has 1 heterocycles. The van der Waals surface area contributed by atoms with Crippen molar-refractivity contribution in [3.8, 4) is 0 Å². The van der Waals surface area contributed by atoms with Crippen molar-refractivity contribution in [3.05, 3.63) is 54.1 Å². The number of unbranched alkanes of at least 4 members (excludes halogenated alkanes) is 1. The summed E-state index contributed by atoms with van der Waals surface area (Å²) in [5, 5.41) is 17.5. The number of aromatic nitrogens is 2. The Morgan fingerprint density at radius 2 is 1.52 bits per heavy atom. The first-order valence-electron chi connectivity index (χ1n) is 13.8. The Bertz CT molecular complexity index is 1160. The molecule has 42 heavy (non-hydrogen) atoms. The van der Waals surface area contributed by atoms with Gasteiger partial charge in [0, 0.05) is 24.9 Å². The van der Waals surface area contributed by atoms with Crippen LogP contribution >= 0.6 is 0 Å². The predicted molar refractivity (Wildman–Crippen MR) is 157 cm³/mol. The van der Waals surface area contributed by atoms with Gasteiger partial charge in [0.1, 0.15) is 18.1 Å². The SMILES string of the molecule is NCCCCC(NC(=O)C(Cc1cnc[nH]1)NC(=O)C(N)Cc1ccccc1)C(=O)NC(CCCN=C(N)N)C(=O)O. The maximum absolute atomic E-state index is 13.5. The van der Waals surface area contributed by atoms with Gasteiger partial charge in [0.15, 0.2) is 5.96 Å². The van der Waals surface area contributed by atoms with E-state index in [1.807, 2.05) is 30.3 Å². The molecule has 230 valence electrons. The maximum atomic E-state index is 13.5. The fraction of sp³-hybridized carbons (Fsp3) is 0.481. The van der Waals surface area contributed by atoms with Gasteiger partial charge in [-0.05, 0) is 50.6 Å². The number of carboxylic acids is 1. The molecule has 15 heteroatoms. The van der Waals surface area contributed by atoms with Crippen molar-refractivity contribution in [1.29, 1.82) is 0 Å². The van der Waals surface area contributed by atoms with Gasteiger partial charge in [0.25, 0.3) is 0 Å². The molecule has 1 aromatic carbocycles. The van der Waals surface area contributed by atoms with Gasteiger partial charge in [0.05, 0.1) is 12.4 Å². The lowest BCUT2D eigenvalue weighted by Crippen LogP contribution is -2.57. The third-order valence-electron chi connectivity index (χ3n) is 6.39. The summed E-state index contributed by atoms with van der Waals surface area (Å²) in [6.45, 7) is 0.572. The average Bonchev–Trinajstić information content (AvgIpc) is 3.47. The van der Waals surface area contributed by atoms with Crippen LogP contribution in [0.2, 0.25) is 0 Å². The highest BCUT2D eigenvalue weighted by molar-refractivity contribution is 5.94. The highest BCUT2D eigenvalue weighted by atomic mass is 16.4. The molecule has 0 aliphatic rings. The number of benzene rings is 1. The normalized spacial score (nSPS) is 13.7. The van der Waals surface area contributed by atoms with E-state index in [1.54, 1.807) is 0 Å². The Kier molecular flexibility index (Phi) is 14.5. The molecule has 2 aromatic rings. The molecule has 0 bridgehead atoms. The van der Waals surface area contributed by atoms with Gasteiger partial charge in [-0.1, -0.05) is 30.3 Å². The van der Waals surface area contributed by atoms with E-state index in [9.17, 15) is 24.3 Å². The smallest absolute Gasteiger partial charge is 0.326 e. The highest BCUT2D eigenvalue weighted by Gasteiger charge is 2.30. The quantitative estimate of drug-likeness (QED) is 0.0508. The second-order valence-corrected chi connectivity index (χ2v) is 9.83. The van der Waals surface area contributed by atoms with Crippen LogP contribution in [0, 0.1) is 0 Å². The van der Waals surface area contributed by atoms with E-state index in [2.05, 4.69) is 30.9 Å². The summed E-state index contributed by atoms with van der Waals surface area (Å²) in [6, 6.07) is 4.88. The van der Waals surface area contributed by atoms with E-state index in [-0.39, 0.29) is 38.2 Å². The highest BCUT2D eigenvalue weighted by Crippen LogP contribution is 2.08. The molecule has 13 N–H and O–H groups in total. The number of aromatic amines is 1. The number of carbonyl (C=O) groups excluding carboxylic acids is 3. The molecule has 0 saturated heterocycles. The first-order chi connectivity index (χ1) is 20.1. The summed E-state index contributed by atoms with van der Waals surface area (Å²) in [6.07, 6.45) is 4.93. The molecule has 3 amide bonds. The monoisotopic (exact) mass is 586 g/mol. The zero-order valence-corrected chi connectivity index (χ0v) is 23.5. The molecule has 0 spiro atoms. The number of aliphatic carboxylic acids is 1. The fourth-order valence-electron chi connectivity index (χ4n) is 4.13. The van der Waals surface area contributed by atoms with Crippen molar-refractivity contribution in [1.82, 2.24) is 25.9 Å². The third-order valence-corrected chi connectivity index (χ3v) is 6.39. The van der Waals surface area contributed by atoms with Crippen LogP contribution in [0.3, 0.4) is 0 Å². The Labute approximate surface area is 244 Å². The number of nitrogens with zero attached hydrogens (tertiary/aromatic N) is 2. The second-order valence-electron chi connectivity index (χ2n) is 9.83. The zero-order valence-electron chi connectivity index (χ0n) is 23.5. The standard InChI is InChI=1S/C27H42N10O5/c28-11-5-4-9-20(24(39)36-21(26(41)42)10-6-12-33-27(30)31)35-25(40)22(14-18-15-32-16-34-18)37-23(38)19(29)13-17-7-2-1-3-8-17/h1-3,7-8,15-16,19-22H,4-6,9-14,28-29H2,(H,32,34)(H,35,40)(H,36,39)(H,37,38)(H,41,42)(H4,30,31,33). The van der Waals surface area contributed by atoms with E-state index in [0.717, 1.165) is 5.56 Å². The number of amides is 3. The van der Waals surface area contributed by atoms with Crippen molar-refractivity contribution >= 4 is 29.7 Å². The van der Waals surface area contributed by atoms with Crippen LogP contribution in [-0.4, -0.2) is 82.0 Å². The number of imidazole rings is 1. The second kappa shape index (κ2) is 18.0. The molecule has 0 saturated carbocycles. The number of carbonyl (C=O) groups is 4. The Balaban J connectivity index is 2.14. The summed E-state index contributed by atoms with van der Waals surface area (Å²) >= 11 is 0. The molecule has 0 aliphatic carbocycles. The number of rotatable bonds is 19. The van der Waals surface area contributed by atoms with Crippen molar-refractivity contribution in [2.75, 3.05) is 13.1 Å². The summed E-state index contributed by atoms with van der Waals surface area (Å²) < 4.78 is 0. The van der Waals surface area contributed by atoms with Crippen LogP contribution in [0.15, 0.2) is 47.8 Å². The van der Waals surface area contributed by atoms with Crippen LogP contribution < -0.4 is 38.9 Å². The van der Waals surface area contributed by atoms with Crippen molar-refractivity contribution < 1.29 is 24.3 Å². The van der Waals surface area contributed by atoms with Crippen LogP contribution in [-0.2, 0) is 32.0 Å². The number of H-pyrrole nitrogens is 1. The maximum Gasteiger partial charge on any atom is 0.326 e. The summed E-state index contributed by atoms with van der Waals surface area (Å²) in [5.74, 6) is -3.22. The average molecular weight is 587 g/mol. The van der Waals surface area contributed by atoms with Crippen LogP contribution in [0.5, 0.6) is 0 Å². The number of nitrogens with two attached hydrogens (primary N) is 4. The van der Waals surface area contributed by atoms with Gasteiger partial charge in [-0.15, -0.1) is 0 Å². The first-order valence-corrected chi connectivity index (χ1v) is 13.8. The Morgan fingerprint density at radius 3 is 2.14 bits per heavy atom. The lowest BCUT2D eigenvalue weighted by Gasteiger charge is -2.25. The molecule has 4 unspecified atom stereocenters. The minimum absolute atomic E-state index is 0.0509. The molecular weight excluding hydrogens is 544 g/mol. The van der Waals surface area contributed by atoms with Crippen molar-refractivity contribution in [2.45, 2.75) is 69.1 Å². The molecule has 0 fully saturated rings. The van der Waals surface area contributed by atoms with Gasteiger partial charge in [0.2, 0.25) is 17.7 Å². The minimum Gasteiger partial charge on any atom is -0.480 e. The molecule has 1 aromatic heterocycles. The van der Waals surface area contributed by atoms with Crippen molar-refractivity contribution in [2.24, 2.45) is 27.9 Å². The minimum atomic E-state index is -1.24. The first kappa shape index (κ1) is 33.7. The molecule has 0 aliphatic heterocycles. The third kappa shape index (κ3) is 12.3. The van der Waals surface area contributed by atoms with E-state index >= 15 is 0 Å². The van der Waals surface area contributed by atoms with Gasteiger partial charge in [-0.3, -0.25) is 19.4 Å². The number of aliphatic imine (C=N–C) groups is 1. The van der Waals surface area contributed by atoms with E-state index in [4.69, 9.17) is 22.9 Å². The Morgan fingerprint density at radius 1 is 0.881 bits per heavy atom. The zero-order chi connectivity index (χ0) is 30.9. The van der Waals surface area contributed by atoms with Crippen molar-refractivity contribution in [3.63, 3.8) is 0 Å². The van der Waals surface area contributed by atoms with Crippen LogP contribution in [0.25, 0.3) is 0 Å². The van der Waals surface area contributed by atoms with E-state index < -0.39 is 47.9 Å². The number of hydrogen-bond donors (Lipinski definition) is 9. The predicted octanol–water partition coefficient (Wildman–Crippen LogP) is -1.76. The molecular formula is C27H42N10O5. The van der Waals surface area contributed by atoms with Gasteiger partial charge in [-0.25, -0.2) is 9.78 Å². The number of guanidine groups is 1. The molecule has 15 nitrogen and oxygen atoms in total. The van der Waals surface area contributed by atoms with Gasteiger partial charge < -0.3 is 49.0 Å². The number of hydrogen-bond acceptors (Lipinski definition) is 8. The number of nitrogens with one attached hydrogen (secondary N) is 4. The van der Waals surface area contributed by atoms with Gasteiger partial charge in [-0.2, -0.15) is 0 Å². The van der Waals surface area contributed by atoms with Crippen LogP contribution in [0.1, 0.15) is 43.4 Å². The number of carboxylic acid groups (broad SMARTS) is 1. The lowest BCUT2D eigenvalue weighted by atomic mass is 10.0. The summed E-state index contributed by atoms with van der Waals surface area (Å²) in [5.41, 5.74) is 23.8. The van der Waals surface area contributed by atoms with E-state index in [0.29, 0.717) is 31.5 Å². The molecule has 2 rings (SSSR count). The largest absolute Gasteiger partial charge is 0.480 e. The Hall–Kier alpha value is -4.50. The fourth-order valence-corrected chi connectivity index (χ4v) is 4.13. The summed E-state index contributed by atoms with van der Waals surface area (Å²) in [7, 11) is 0. The summed E-state index contributed by atoms with van der Waals surface area (Å²) in [4.78, 5) is 62.1. The lowest BCUT2D eigenvalue weighted by molar-refractivity contribution is -0.142. The van der Waals surface area contributed by atoms with Gasteiger partial charge >= 0.3 is 5.97 Å². The molecule has 0 radical (unpaired) electrons. The van der Waals surface area contributed by atoms with Crippen LogP contribution in [0.4, 0.5) is 0 Å². The topological polar surface area (TPSA) is 270 Å². The van der Waals surface area contributed by atoms with E-state index in [1.165, 1.54) is 12.5 Å².